The fraction of sp³-hybridized carbons (Fsp3) is 0.889. The lowest BCUT2D eigenvalue weighted by Crippen LogP contribution is -2.33. The molecule has 1 fully saturated rings. The van der Waals surface area contributed by atoms with Crippen LogP contribution in [0, 0.1) is 5.92 Å². The number of carbonyl (C=O) groups excluding carboxylic acids is 1. The normalized spacial score (nSPS) is 18.3. The van der Waals surface area contributed by atoms with Crippen molar-refractivity contribution in [1.82, 2.24) is 5.32 Å². The Morgan fingerprint density at radius 2 is 2.23 bits per heavy atom. The summed E-state index contributed by atoms with van der Waals surface area (Å²) in [7, 11) is 0. The maximum Gasteiger partial charge on any atom is 0.220 e. The van der Waals surface area contributed by atoms with E-state index < -0.39 is 0 Å². The summed E-state index contributed by atoms with van der Waals surface area (Å²) in [5, 5.41) is 20.5. The molecule has 0 radical (unpaired) electrons. The van der Waals surface area contributed by atoms with Crippen LogP contribution in [0.3, 0.4) is 0 Å². The quantitative estimate of drug-likeness (QED) is 0.532. The molecule has 13 heavy (non-hydrogen) atoms. The van der Waals surface area contributed by atoms with Gasteiger partial charge in [0.1, 0.15) is 0 Å². The first-order chi connectivity index (χ1) is 6.24. The van der Waals surface area contributed by atoms with E-state index in [4.69, 9.17) is 5.11 Å². The first-order valence-corrected chi connectivity index (χ1v) is 4.79. The van der Waals surface area contributed by atoms with Gasteiger partial charge in [-0.25, -0.2) is 0 Å². The van der Waals surface area contributed by atoms with Crippen LogP contribution in [-0.2, 0) is 4.79 Å². The third-order valence-electron chi connectivity index (χ3n) is 2.24. The van der Waals surface area contributed by atoms with Crippen molar-refractivity contribution in [1.29, 1.82) is 0 Å². The van der Waals surface area contributed by atoms with Gasteiger partial charge in [-0.15, -0.1) is 0 Å². The lowest BCUT2D eigenvalue weighted by atomic mass is 10.2. The summed E-state index contributed by atoms with van der Waals surface area (Å²) in [6.45, 7) is 0.396. The van der Waals surface area contributed by atoms with Crippen LogP contribution < -0.4 is 5.32 Å². The van der Waals surface area contributed by atoms with Crippen LogP contribution in [0.1, 0.15) is 25.7 Å². The Labute approximate surface area is 78.0 Å². The van der Waals surface area contributed by atoms with Crippen molar-refractivity contribution in [3.05, 3.63) is 0 Å². The second-order valence-electron chi connectivity index (χ2n) is 3.54. The smallest absolute Gasteiger partial charge is 0.220 e. The SMILES string of the molecule is O=C(CCCO)NCC(O)C1CC1. The monoisotopic (exact) mass is 187 g/mol. The molecule has 1 amide bonds. The van der Waals surface area contributed by atoms with E-state index in [9.17, 15) is 9.90 Å². The summed E-state index contributed by atoms with van der Waals surface area (Å²) in [5.41, 5.74) is 0. The predicted octanol–water partition coefficient (Wildman–Crippen LogP) is -0.354. The summed E-state index contributed by atoms with van der Waals surface area (Å²) in [5.74, 6) is 0.312. The molecule has 0 bridgehead atoms. The number of aliphatic hydroxyl groups excluding tert-OH is 2. The number of nitrogens with one attached hydrogen (secondary N) is 1. The maximum absolute atomic E-state index is 11.0. The summed E-state index contributed by atoms with van der Waals surface area (Å²) < 4.78 is 0. The van der Waals surface area contributed by atoms with Gasteiger partial charge in [-0.2, -0.15) is 0 Å². The largest absolute Gasteiger partial charge is 0.396 e. The van der Waals surface area contributed by atoms with Crippen LogP contribution in [-0.4, -0.2) is 35.4 Å². The molecule has 0 aromatic carbocycles. The van der Waals surface area contributed by atoms with Gasteiger partial charge in [-0.1, -0.05) is 0 Å². The average Bonchev–Trinajstić information content (AvgIpc) is 2.93. The molecule has 1 aliphatic carbocycles. The number of carbonyl (C=O) groups is 1. The highest BCUT2D eigenvalue weighted by Gasteiger charge is 2.29. The van der Waals surface area contributed by atoms with Gasteiger partial charge in [0.05, 0.1) is 6.10 Å². The highest BCUT2D eigenvalue weighted by Crippen LogP contribution is 2.32. The average molecular weight is 187 g/mol. The van der Waals surface area contributed by atoms with Crippen LogP contribution in [0.25, 0.3) is 0 Å². The highest BCUT2D eigenvalue weighted by atomic mass is 16.3. The van der Waals surface area contributed by atoms with E-state index in [-0.39, 0.29) is 18.6 Å². The summed E-state index contributed by atoms with van der Waals surface area (Å²) in [4.78, 5) is 11.0. The predicted molar refractivity (Wildman–Crippen MR) is 48.1 cm³/mol. The van der Waals surface area contributed by atoms with Gasteiger partial charge < -0.3 is 15.5 Å². The van der Waals surface area contributed by atoms with Gasteiger partial charge in [0.15, 0.2) is 0 Å². The third-order valence-corrected chi connectivity index (χ3v) is 2.24. The summed E-state index contributed by atoms with van der Waals surface area (Å²) in [6.07, 6.45) is 2.61. The molecular weight excluding hydrogens is 170 g/mol. The number of rotatable bonds is 6. The molecule has 1 aliphatic rings. The van der Waals surface area contributed by atoms with Crippen molar-refractivity contribution in [2.45, 2.75) is 31.8 Å². The standard InChI is InChI=1S/C9H17NO3/c11-5-1-2-9(13)10-6-8(12)7-3-4-7/h7-8,11-12H,1-6H2,(H,10,13). The van der Waals surface area contributed by atoms with Gasteiger partial charge in [-0.05, 0) is 25.2 Å². The van der Waals surface area contributed by atoms with E-state index in [1.54, 1.807) is 0 Å². The van der Waals surface area contributed by atoms with Crippen LogP contribution in [0.15, 0.2) is 0 Å². The van der Waals surface area contributed by atoms with Gasteiger partial charge in [0.2, 0.25) is 5.91 Å². The first kappa shape index (κ1) is 10.5. The van der Waals surface area contributed by atoms with Gasteiger partial charge >= 0.3 is 0 Å². The van der Waals surface area contributed by atoms with E-state index in [2.05, 4.69) is 5.32 Å². The van der Waals surface area contributed by atoms with Crippen molar-refractivity contribution in [3.8, 4) is 0 Å². The van der Waals surface area contributed by atoms with Crippen molar-refractivity contribution in [2.75, 3.05) is 13.2 Å². The Kier molecular flexibility index (Phi) is 4.18. The van der Waals surface area contributed by atoms with Crippen molar-refractivity contribution >= 4 is 5.91 Å². The minimum absolute atomic E-state index is 0.0403. The Balaban J connectivity index is 2.00. The van der Waals surface area contributed by atoms with E-state index in [0.29, 0.717) is 25.3 Å². The molecule has 0 aromatic heterocycles. The Morgan fingerprint density at radius 1 is 1.54 bits per heavy atom. The Morgan fingerprint density at radius 3 is 2.77 bits per heavy atom. The first-order valence-electron chi connectivity index (χ1n) is 4.79. The highest BCUT2D eigenvalue weighted by molar-refractivity contribution is 5.75. The number of hydrogen-bond donors (Lipinski definition) is 3. The molecule has 0 saturated heterocycles. The van der Waals surface area contributed by atoms with E-state index in [1.165, 1.54) is 0 Å². The van der Waals surface area contributed by atoms with Crippen molar-refractivity contribution in [2.24, 2.45) is 5.92 Å². The molecule has 0 heterocycles. The minimum atomic E-state index is -0.377. The van der Waals surface area contributed by atoms with Gasteiger partial charge in [0.25, 0.3) is 0 Å². The molecule has 0 aromatic rings. The molecule has 1 saturated carbocycles. The molecule has 1 atom stereocenters. The zero-order chi connectivity index (χ0) is 9.68. The molecule has 4 nitrogen and oxygen atoms in total. The minimum Gasteiger partial charge on any atom is -0.396 e. The van der Waals surface area contributed by atoms with Crippen molar-refractivity contribution < 1.29 is 15.0 Å². The van der Waals surface area contributed by atoms with E-state index in [0.717, 1.165) is 12.8 Å². The van der Waals surface area contributed by atoms with Crippen molar-refractivity contribution in [3.63, 3.8) is 0 Å². The number of hydrogen-bond acceptors (Lipinski definition) is 3. The van der Waals surface area contributed by atoms with Crippen LogP contribution in [0.5, 0.6) is 0 Å². The zero-order valence-electron chi connectivity index (χ0n) is 7.70. The second kappa shape index (κ2) is 5.19. The maximum atomic E-state index is 11.0. The molecule has 1 rings (SSSR count). The molecule has 0 spiro atoms. The molecular formula is C9H17NO3. The molecule has 3 N–H and O–H groups in total. The number of aliphatic hydroxyl groups is 2. The summed E-state index contributed by atoms with van der Waals surface area (Å²) >= 11 is 0. The topological polar surface area (TPSA) is 69.6 Å². The fourth-order valence-electron chi connectivity index (χ4n) is 1.19. The fourth-order valence-corrected chi connectivity index (χ4v) is 1.19. The molecule has 1 unspecified atom stereocenters. The van der Waals surface area contributed by atoms with Gasteiger partial charge in [0, 0.05) is 19.6 Å². The molecule has 0 aliphatic heterocycles. The Hall–Kier alpha value is -0.610. The van der Waals surface area contributed by atoms with E-state index in [1.807, 2.05) is 0 Å². The number of amides is 1. The molecule has 4 heteroatoms. The lowest BCUT2D eigenvalue weighted by Gasteiger charge is -2.09. The summed E-state index contributed by atoms with van der Waals surface area (Å²) in [6, 6.07) is 0. The lowest BCUT2D eigenvalue weighted by molar-refractivity contribution is -0.121. The van der Waals surface area contributed by atoms with Crippen LogP contribution in [0.2, 0.25) is 0 Å². The Bertz CT molecular complexity index is 168. The van der Waals surface area contributed by atoms with Crippen LogP contribution >= 0.6 is 0 Å². The second-order valence-corrected chi connectivity index (χ2v) is 3.54. The van der Waals surface area contributed by atoms with E-state index >= 15 is 0 Å². The third kappa shape index (κ3) is 4.24. The van der Waals surface area contributed by atoms with Crippen LogP contribution in [0.4, 0.5) is 0 Å². The zero-order valence-corrected chi connectivity index (χ0v) is 7.70. The van der Waals surface area contributed by atoms with Gasteiger partial charge in [-0.3, -0.25) is 4.79 Å². The molecule has 76 valence electrons.